The van der Waals surface area contributed by atoms with Crippen molar-refractivity contribution in [3.8, 4) is 12.3 Å². The Morgan fingerprint density at radius 1 is 1.50 bits per heavy atom. The van der Waals surface area contributed by atoms with Gasteiger partial charge in [0.05, 0.1) is 0 Å². The van der Waals surface area contributed by atoms with E-state index in [2.05, 4.69) is 18.2 Å². The molecule has 1 saturated carbocycles. The first-order valence-electron chi connectivity index (χ1n) is 5.47. The van der Waals surface area contributed by atoms with E-state index in [-0.39, 0.29) is 11.3 Å². The van der Waals surface area contributed by atoms with Crippen LogP contribution >= 0.6 is 0 Å². The Hall–Kier alpha value is -0.970. The number of carbonyl (C=O) groups excluding carboxylic acids is 1. The third-order valence-electron chi connectivity index (χ3n) is 3.27. The first kappa shape index (κ1) is 11.1. The molecule has 78 valence electrons. The summed E-state index contributed by atoms with van der Waals surface area (Å²) in [4.78, 5) is 11.9. The summed E-state index contributed by atoms with van der Waals surface area (Å²) in [6.07, 6.45) is 11.2. The summed E-state index contributed by atoms with van der Waals surface area (Å²) >= 11 is 0. The van der Waals surface area contributed by atoms with Crippen LogP contribution < -0.4 is 5.32 Å². The monoisotopic (exact) mass is 193 g/mol. The molecule has 2 heteroatoms. The van der Waals surface area contributed by atoms with Crippen molar-refractivity contribution in [1.82, 2.24) is 5.32 Å². The van der Waals surface area contributed by atoms with Crippen LogP contribution in [0, 0.1) is 17.8 Å². The zero-order valence-electron chi connectivity index (χ0n) is 8.94. The van der Waals surface area contributed by atoms with Gasteiger partial charge in [0.2, 0.25) is 5.91 Å². The van der Waals surface area contributed by atoms with Crippen LogP contribution in [0.4, 0.5) is 0 Å². The first-order chi connectivity index (χ1) is 6.75. The minimum atomic E-state index is -0.0748. The number of rotatable bonds is 4. The number of hydrogen-bond acceptors (Lipinski definition) is 1. The SMILES string of the molecule is C#CCCNC(=O)C1(CC)CCCC1. The fourth-order valence-corrected chi connectivity index (χ4v) is 2.23. The molecule has 0 heterocycles. The van der Waals surface area contributed by atoms with Gasteiger partial charge in [-0.3, -0.25) is 4.79 Å². The summed E-state index contributed by atoms with van der Waals surface area (Å²) in [5.41, 5.74) is -0.0748. The Morgan fingerprint density at radius 2 is 2.14 bits per heavy atom. The molecule has 14 heavy (non-hydrogen) atoms. The third kappa shape index (κ3) is 2.29. The molecule has 1 rings (SSSR count). The van der Waals surface area contributed by atoms with Gasteiger partial charge in [0.1, 0.15) is 0 Å². The van der Waals surface area contributed by atoms with Crippen LogP contribution in [0.1, 0.15) is 45.4 Å². The molecular weight excluding hydrogens is 174 g/mol. The molecule has 1 aliphatic rings. The van der Waals surface area contributed by atoms with Gasteiger partial charge in [0.25, 0.3) is 0 Å². The van der Waals surface area contributed by atoms with Crippen molar-refractivity contribution in [3.05, 3.63) is 0 Å². The van der Waals surface area contributed by atoms with Crippen LogP contribution in [0.5, 0.6) is 0 Å². The molecule has 0 aromatic heterocycles. The summed E-state index contributed by atoms with van der Waals surface area (Å²) in [5.74, 6) is 2.74. The van der Waals surface area contributed by atoms with Crippen LogP contribution in [0.15, 0.2) is 0 Å². The lowest BCUT2D eigenvalue weighted by Gasteiger charge is -2.25. The zero-order valence-corrected chi connectivity index (χ0v) is 8.94. The summed E-state index contributed by atoms with van der Waals surface area (Å²) in [6.45, 7) is 2.73. The van der Waals surface area contributed by atoms with Gasteiger partial charge < -0.3 is 5.32 Å². The van der Waals surface area contributed by atoms with E-state index >= 15 is 0 Å². The molecule has 0 atom stereocenters. The van der Waals surface area contributed by atoms with Crippen molar-refractivity contribution in [2.24, 2.45) is 5.41 Å². The second-order valence-corrected chi connectivity index (χ2v) is 4.05. The summed E-state index contributed by atoms with van der Waals surface area (Å²) in [5, 5.41) is 2.94. The molecule has 0 bridgehead atoms. The van der Waals surface area contributed by atoms with Crippen molar-refractivity contribution >= 4 is 5.91 Å². The maximum absolute atomic E-state index is 11.9. The van der Waals surface area contributed by atoms with E-state index in [9.17, 15) is 4.79 Å². The highest BCUT2D eigenvalue weighted by molar-refractivity contribution is 5.82. The second kappa shape index (κ2) is 5.05. The summed E-state index contributed by atoms with van der Waals surface area (Å²) < 4.78 is 0. The number of nitrogens with one attached hydrogen (secondary N) is 1. The molecule has 0 aliphatic heterocycles. The third-order valence-corrected chi connectivity index (χ3v) is 3.27. The smallest absolute Gasteiger partial charge is 0.226 e. The summed E-state index contributed by atoms with van der Waals surface area (Å²) in [7, 11) is 0. The average Bonchev–Trinajstić information content (AvgIpc) is 2.67. The molecular formula is C12H19NO. The van der Waals surface area contributed by atoms with E-state index < -0.39 is 0 Å². The second-order valence-electron chi connectivity index (χ2n) is 4.05. The lowest BCUT2D eigenvalue weighted by molar-refractivity contribution is -0.130. The van der Waals surface area contributed by atoms with E-state index in [0.717, 1.165) is 19.3 Å². The molecule has 1 amide bonds. The van der Waals surface area contributed by atoms with Gasteiger partial charge >= 0.3 is 0 Å². The molecule has 1 fully saturated rings. The maximum Gasteiger partial charge on any atom is 0.226 e. The topological polar surface area (TPSA) is 29.1 Å². The predicted molar refractivity (Wildman–Crippen MR) is 57.7 cm³/mol. The number of terminal acetylenes is 1. The molecule has 0 unspecified atom stereocenters. The van der Waals surface area contributed by atoms with E-state index in [1.54, 1.807) is 0 Å². The molecule has 0 spiro atoms. The van der Waals surface area contributed by atoms with E-state index in [0.29, 0.717) is 13.0 Å². The maximum atomic E-state index is 11.9. The minimum Gasteiger partial charge on any atom is -0.355 e. The molecule has 0 aromatic rings. The Bertz CT molecular complexity index is 233. The lowest BCUT2D eigenvalue weighted by Crippen LogP contribution is -2.39. The molecule has 0 radical (unpaired) electrons. The van der Waals surface area contributed by atoms with Crippen LogP contribution in [0.2, 0.25) is 0 Å². The van der Waals surface area contributed by atoms with Gasteiger partial charge in [-0.1, -0.05) is 19.8 Å². The number of amides is 1. The molecule has 1 aliphatic carbocycles. The standard InChI is InChI=1S/C12H19NO/c1-3-5-10-13-11(14)12(4-2)8-6-7-9-12/h1H,4-10H2,2H3,(H,13,14). The first-order valence-corrected chi connectivity index (χ1v) is 5.47. The molecule has 0 aromatic carbocycles. The highest BCUT2D eigenvalue weighted by Gasteiger charge is 2.38. The largest absolute Gasteiger partial charge is 0.355 e. The van der Waals surface area contributed by atoms with Crippen LogP contribution in [0.25, 0.3) is 0 Å². The summed E-state index contributed by atoms with van der Waals surface area (Å²) in [6, 6.07) is 0. The van der Waals surface area contributed by atoms with Crippen LogP contribution in [-0.4, -0.2) is 12.5 Å². The molecule has 0 saturated heterocycles. The Morgan fingerprint density at radius 3 is 2.64 bits per heavy atom. The highest BCUT2D eigenvalue weighted by Crippen LogP contribution is 2.40. The van der Waals surface area contributed by atoms with Crippen molar-refractivity contribution < 1.29 is 4.79 Å². The quantitative estimate of drug-likeness (QED) is 0.537. The molecule has 1 N–H and O–H groups in total. The Labute approximate surface area is 86.5 Å². The van der Waals surface area contributed by atoms with Crippen molar-refractivity contribution in [2.45, 2.75) is 45.4 Å². The lowest BCUT2D eigenvalue weighted by atomic mass is 9.82. The van der Waals surface area contributed by atoms with Gasteiger partial charge in [-0.05, 0) is 19.3 Å². The Kier molecular flexibility index (Phi) is 4.00. The highest BCUT2D eigenvalue weighted by atomic mass is 16.2. The fourth-order valence-electron chi connectivity index (χ4n) is 2.23. The van der Waals surface area contributed by atoms with Crippen molar-refractivity contribution in [2.75, 3.05) is 6.54 Å². The van der Waals surface area contributed by atoms with Gasteiger partial charge in [0, 0.05) is 18.4 Å². The van der Waals surface area contributed by atoms with Crippen LogP contribution in [-0.2, 0) is 4.79 Å². The molecule has 2 nitrogen and oxygen atoms in total. The van der Waals surface area contributed by atoms with Gasteiger partial charge in [-0.25, -0.2) is 0 Å². The average molecular weight is 193 g/mol. The fraction of sp³-hybridized carbons (Fsp3) is 0.750. The van der Waals surface area contributed by atoms with Crippen molar-refractivity contribution in [1.29, 1.82) is 0 Å². The van der Waals surface area contributed by atoms with Crippen molar-refractivity contribution in [3.63, 3.8) is 0 Å². The Balaban J connectivity index is 2.44. The van der Waals surface area contributed by atoms with Gasteiger partial charge in [0.15, 0.2) is 0 Å². The predicted octanol–water partition coefficient (Wildman–Crippen LogP) is 2.10. The number of carbonyl (C=O) groups is 1. The van der Waals surface area contributed by atoms with Crippen LogP contribution in [0.3, 0.4) is 0 Å². The minimum absolute atomic E-state index is 0.0748. The van der Waals surface area contributed by atoms with Gasteiger partial charge in [-0.2, -0.15) is 0 Å². The zero-order chi connectivity index (χ0) is 10.4. The van der Waals surface area contributed by atoms with E-state index in [4.69, 9.17) is 6.42 Å². The van der Waals surface area contributed by atoms with E-state index in [1.165, 1.54) is 12.8 Å². The van der Waals surface area contributed by atoms with E-state index in [1.807, 2.05) is 0 Å². The number of hydrogen-bond donors (Lipinski definition) is 1. The normalized spacial score (nSPS) is 18.9. The van der Waals surface area contributed by atoms with Gasteiger partial charge in [-0.15, -0.1) is 12.3 Å².